The Balaban J connectivity index is 1.86. The van der Waals surface area contributed by atoms with E-state index in [0.29, 0.717) is 40.5 Å². The molecule has 1 amide bonds. The van der Waals surface area contributed by atoms with Gasteiger partial charge in [0.05, 0.1) is 29.7 Å². The van der Waals surface area contributed by atoms with Crippen molar-refractivity contribution in [2.45, 2.75) is 31.9 Å². The molecule has 2 aromatic rings. The predicted octanol–water partition coefficient (Wildman–Crippen LogP) is 5.98. The summed E-state index contributed by atoms with van der Waals surface area (Å²) in [5, 5.41) is 1.33. The molecule has 0 N–H and O–H groups in total. The first-order chi connectivity index (χ1) is 14.5. The average Bonchev–Trinajstić information content (AvgIpc) is 2.98. The summed E-state index contributed by atoms with van der Waals surface area (Å²) in [6, 6.07) is 11.0. The van der Waals surface area contributed by atoms with E-state index in [0.717, 1.165) is 23.4 Å². The molecule has 5 nitrogen and oxygen atoms in total. The van der Waals surface area contributed by atoms with Gasteiger partial charge < -0.3 is 9.47 Å². The molecule has 8 heteroatoms. The van der Waals surface area contributed by atoms with E-state index in [2.05, 4.69) is 0 Å². The second-order valence-corrected chi connectivity index (χ2v) is 8.72. The van der Waals surface area contributed by atoms with Gasteiger partial charge in [-0.3, -0.25) is 9.69 Å². The topological polar surface area (TPSA) is 51.1 Å². The Bertz CT molecular complexity index is 935. The van der Waals surface area contributed by atoms with Gasteiger partial charge in [-0.1, -0.05) is 41.9 Å². The van der Waals surface area contributed by atoms with Crippen LogP contribution in [0, 0.1) is 0 Å². The molecule has 0 aliphatic carbocycles. The maximum atomic E-state index is 13.1. The number of amides is 1. The van der Waals surface area contributed by atoms with Gasteiger partial charge in [-0.2, -0.15) is 0 Å². The third-order valence-electron chi connectivity index (χ3n) is 4.53. The van der Waals surface area contributed by atoms with Crippen molar-refractivity contribution in [3.63, 3.8) is 0 Å². The molecule has 1 saturated heterocycles. The lowest BCUT2D eigenvalue weighted by Gasteiger charge is -2.16. The Hall–Kier alpha value is -1.89. The van der Waals surface area contributed by atoms with Gasteiger partial charge >= 0.3 is 0 Å². The summed E-state index contributed by atoms with van der Waals surface area (Å²) in [6.45, 7) is 5.21. The molecule has 0 spiro atoms. The molecule has 1 heterocycles. The van der Waals surface area contributed by atoms with E-state index < -0.39 is 0 Å². The molecule has 160 valence electrons. The van der Waals surface area contributed by atoms with Crippen LogP contribution in [0.4, 0.5) is 5.69 Å². The molecule has 2 aromatic carbocycles. The highest BCUT2D eigenvalue weighted by Gasteiger charge is 2.38. The Morgan fingerprint density at radius 2 is 1.90 bits per heavy atom. The second kappa shape index (κ2) is 10.4. The lowest BCUT2D eigenvalue weighted by atomic mass is 10.1. The summed E-state index contributed by atoms with van der Waals surface area (Å²) in [7, 11) is 1.56. The van der Waals surface area contributed by atoms with Crippen LogP contribution in [0.15, 0.2) is 41.4 Å². The zero-order valence-electron chi connectivity index (χ0n) is 17.2. The van der Waals surface area contributed by atoms with Crippen LogP contribution in [0.2, 0.25) is 10.0 Å². The summed E-state index contributed by atoms with van der Waals surface area (Å²) in [4.78, 5) is 19.6. The Morgan fingerprint density at radius 1 is 1.17 bits per heavy atom. The van der Waals surface area contributed by atoms with E-state index in [1.165, 1.54) is 11.8 Å². The van der Waals surface area contributed by atoms with Gasteiger partial charge in [0, 0.05) is 11.6 Å². The first kappa shape index (κ1) is 22.8. The average molecular weight is 467 g/mol. The molecule has 0 saturated carbocycles. The predicted molar refractivity (Wildman–Crippen MR) is 125 cm³/mol. The van der Waals surface area contributed by atoms with Crippen molar-refractivity contribution in [1.29, 1.82) is 0 Å². The Kier molecular flexibility index (Phi) is 7.92. The molecule has 0 aromatic heterocycles. The number of methoxy groups -OCH3 is 1. The number of ether oxygens (including phenoxy) is 2. The number of carbonyl (C=O) groups is 1. The Morgan fingerprint density at radius 3 is 2.53 bits per heavy atom. The molecule has 1 aliphatic heterocycles. The molecule has 1 fully saturated rings. The van der Waals surface area contributed by atoms with E-state index in [-0.39, 0.29) is 11.2 Å². The minimum Gasteiger partial charge on any atom is -0.495 e. The van der Waals surface area contributed by atoms with Gasteiger partial charge in [0.2, 0.25) is 5.91 Å². The number of aliphatic imine (C=N–C) groups is 1. The summed E-state index contributed by atoms with van der Waals surface area (Å²) in [5.74, 6) is 1.38. The number of hydrogen-bond acceptors (Lipinski definition) is 5. The summed E-state index contributed by atoms with van der Waals surface area (Å²) in [6.07, 6.45) is 1.29. The zero-order valence-corrected chi connectivity index (χ0v) is 19.5. The first-order valence-corrected chi connectivity index (χ1v) is 11.4. The zero-order chi connectivity index (χ0) is 21.7. The van der Waals surface area contributed by atoms with Crippen molar-refractivity contribution >= 4 is 51.7 Å². The maximum absolute atomic E-state index is 13.1. The smallest absolute Gasteiger partial charge is 0.242 e. The number of rotatable bonds is 8. The molecular formula is C22H24Cl2N2O3S. The van der Waals surface area contributed by atoms with Gasteiger partial charge in [-0.25, -0.2) is 4.99 Å². The van der Waals surface area contributed by atoms with Crippen molar-refractivity contribution in [2.75, 3.05) is 20.3 Å². The van der Waals surface area contributed by atoms with E-state index in [1.807, 2.05) is 38.1 Å². The van der Waals surface area contributed by atoms with Gasteiger partial charge in [0.25, 0.3) is 0 Å². The van der Waals surface area contributed by atoms with E-state index in [4.69, 9.17) is 37.7 Å². The number of carbonyl (C=O) groups excluding carboxylic acids is 1. The largest absolute Gasteiger partial charge is 0.495 e. The monoisotopic (exact) mass is 466 g/mol. The minimum atomic E-state index is -0.318. The number of halogens is 2. The number of thioether (sulfide) groups is 1. The van der Waals surface area contributed by atoms with Crippen molar-refractivity contribution in [2.24, 2.45) is 4.99 Å². The van der Waals surface area contributed by atoms with Crippen LogP contribution in [0.1, 0.15) is 25.8 Å². The highest BCUT2D eigenvalue weighted by Crippen LogP contribution is 2.37. The molecule has 30 heavy (non-hydrogen) atoms. The number of amidine groups is 1. The molecule has 0 unspecified atom stereocenters. The summed E-state index contributed by atoms with van der Waals surface area (Å²) >= 11 is 13.9. The molecule has 3 rings (SSSR count). The molecule has 1 aliphatic rings. The van der Waals surface area contributed by atoms with Gasteiger partial charge in [0.15, 0.2) is 5.17 Å². The SMILES string of the molecule is CCCN1C(=O)[C@H](Cc2cc(Cl)cc(Cl)c2OC)SC1=Nc1ccc(OCC)cc1. The molecule has 1 atom stereocenters. The maximum Gasteiger partial charge on any atom is 0.242 e. The normalized spacial score (nSPS) is 17.6. The lowest BCUT2D eigenvalue weighted by Crippen LogP contribution is -2.33. The van der Waals surface area contributed by atoms with Crippen molar-refractivity contribution < 1.29 is 14.3 Å². The first-order valence-electron chi connectivity index (χ1n) is 9.78. The second-order valence-electron chi connectivity index (χ2n) is 6.70. The van der Waals surface area contributed by atoms with Gasteiger partial charge in [-0.15, -0.1) is 0 Å². The van der Waals surface area contributed by atoms with Gasteiger partial charge in [0.1, 0.15) is 11.5 Å². The van der Waals surface area contributed by atoms with Crippen LogP contribution in [-0.4, -0.2) is 41.5 Å². The standard InChI is InChI=1S/C22H24Cl2N2O3S/c1-4-10-26-21(27)19(12-14-11-15(23)13-18(24)20(14)28-3)30-22(26)25-16-6-8-17(9-7-16)29-5-2/h6-9,11,13,19H,4-5,10,12H2,1-3H3/t19-/m0/s1. The van der Waals surface area contributed by atoms with Crippen LogP contribution < -0.4 is 9.47 Å². The van der Waals surface area contributed by atoms with Crippen LogP contribution in [0.5, 0.6) is 11.5 Å². The quantitative estimate of drug-likeness (QED) is 0.479. The van der Waals surface area contributed by atoms with E-state index in [9.17, 15) is 4.79 Å². The van der Waals surface area contributed by atoms with Crippen LogP contribution in [0.25, 0.3) is 0 Å². The van der Waals surface area contributed by atoms with Crippen LogP contribution in [-0.2, 0) is 11.2 Å². The highest BCUT2D eigenvalue weighted by molar-refractivity contribution is 8.15. The number of hydrogen-bond donors (Lipinski definition) is 0. The van der Waals surface area contributed by atoms with Gasteiger partial charge in [-0.05, 0) is 61.7 Å². The van der Waals surface area contributed by atoms with Crippen molar-refractivity contribution in [3.05, 3.63) is 52.0 Å². The van der Waals surface area contributed by atoms with Crippen molar-refractivity contribution in [3.8, 4) is 11.5 Å². The minimum absolute atomic E-state index is 0.0321. The number of benzene rings is 2. The third kappa shape index (κ3) is 5.23. The molecular weight excluding hydrogens is 443 g/mol. The highest BCUT2D eigenvalue weighted by atomic mass is 35.5. The molecule has 0 radical (unpaired) electrons. The lowest BCUT2D eigenvalue weighted by molar-refractivity contribution is -0.126. The fraction of sp³-hybridized carbons (Fsp3) is 0.364. The van der Waals surface area contributed by atoms with E-state index >= 15 is 0 Å². The summed E-state index contributed by atoms with van der Waals surface area (Å²) < 4.78 is 10.9. The van der Waals surface area contributed by atoms with E-state index in [1.54, 1.807) is 24.1 Å². The van der Waals surface area contributed by atoms with Crippen molar-refractivity contribution in [1.82, 2.24) is 4.90 Å². The fourth-order valence-corrected chi connectivity index (χ4v) is 5.07. The third-order valence-corrected chi connectivity index (χ3v) is 6.21. The molecule has 0 bridgehead atoms. The summed E-state index contributed by atoms with van der Waals surface area (Å²) in [5.41, 5.74) is 1.58. The number of nitrogens with zero attached hydrogens (tertiary/aromatic N) is 2. The fourth-order valence-electron chi connectivity index (χ4n) is 3.24. The van der Waals surface area contributed by atoms with Crippen LogP contribution >= 0.6 is 35.0 Å². The van der Waals surface area contributed by atoms with Crippen LogP contribution in [0.3, 0.4) is 0 Å². The Labute approximate surface area is 191 Å².